The van der Waals surface area contributed by atoms with Crippen LogP contribution in [0.1, 0.15) is 21.5 Å². The second-order valence-corrected chi connectivity index (χ2v) is 4.23. The first-order valence-electron chi connectivity index (χ1n) is 5.53. The molecule has 0 atom stereocenters. The van der Waals surface area contributed by atoms with Crippen LogP contribution in [-0.2, 0) is 6.18 Å². The number of nitrogens with zero attached hydrogens (tertiary/aromatic N) is 2. The van der Waals surface area contributed by atoms with E-state index in [0.29, 0.717) is 5.56 Å². The molecule has 106 valence electrons. The van der Waals surface area contributed by atoms with E-state index in [1.54, 1.807) is 6.92 Å². The highest BCUT2D eigenvalue weighted by atomic mass is 19.4. The third kappa shape index (κ3) is 2.44. The minimum absolute atomic E-state index is 0.141. The van der Waals surface area contributed by atoms with Gasteiger partial charge in [0.1, 0.15) is 5.82 Å². The predicted octanol–water partition coefficient (Wildman–Crippen LogP) is 1.88. The monoisotopic (exact) mass is 284 g/mol. The van der Waals surface area contributed by atoms with Crippen LogP contribution < -0.4 is 11.5 Å². The number of benzene rings is 1. The van der Waals surface area contributed by atoms with E-state index < -0.39 is 23.2 Å². The zero-order chi connectivity index (χ0) is 15.1. The predicted molar refractivity (Wildman–Crippen MR) is 66.2 cm³/mol. The highest BCUT2D eigenvalue weighted by molar-refractivity contribution is 5.94. The van der Waals surface area contributed by atoms with E-state index in [9.17, 15) is 18.0 Å². The summed E-state index contributed by atoms with van der Waals surface area (Å²) >= 11 is 0. The van der Waals surface area contributed by atoms with Gasteiger partial charge in [-0.25, -0.2) is 4.68 Å². The van der Waals surface area contributed by atoms with E-state index in [4.69, 9.17) is 11.5 Å². The maximum atomic E-state index is 12.9. The standard InChI is InChI=1S/C12H11F3N4O/c1-6-5-19(18-10(6)16)7-2-3-8(11(17)20)9(4-7)12(13,14)15/h2-5H,1H3,(H2,16,18)(H2,17,20). The number of carbonyl (C=O) groups is 1. The fraction of sp³-hybridized carbons (Fsp3) is 0.167. The second-order valence-electron chi connectivity index (χ2n) is 4.23. The molecule has 20 heavy (non-hydrogen) atoms. The van der Waals surface area contributed by atoms with Gasteiger partial charge in [0, 0.05) is 11.8 Å². The van der Waals surface area contributed by atoms with Crippen molar-refractivity contribution in [1.82, 2.24) is 9.78 Å². The van der Waals surface area contributed by atoms with Crippen molar-refractivity contribution in [3.63, 3.8) is 0 Å². The van der Waals surface area contributed by atoms with Crippen LogP contribution in [0.15, 0.2) is 24.4 Å². The molecule has 2 rings (SSSR count). The molecule has 0 unspecified atom stereocenters. The SMILES string of the molecule is Cc1cn(-c2ccc(C(N)=O)c(C(F)(F)F)c2)nc1N. The molecule has 0 saturated heterocycles. The number of carbonyl (C=O) groups excluding carboxylic acids is 1. The number of alkyl halides is 3. The number of aromatic nitrogens is 2. The summed E-state index contributed by atoms with van der Waals surface area (Å²) in [4.78, 5) is 11.1. The third-order valence-electron chi connectivity index (χ3n) is 2.77. The lowest BCUT2D eigenvalue weighted by atomic mass is 10.1. The highest BCUT2D eigenvalue weighted by Crippen LogP contribution is 2.33. The van der Waals surface area contributed by atoms with Gasteiger partial charge in [0.05, 0.1) is 16.8 Å². The number of nitrogen functional groups attached to an aromatic ring is 1. The Hall–Kier alpha value is -2.51. The molecular formula is C12H11F3N4O. The number of rotatable bonds is 2. The molecule has 0 saturated carbocycles. The van der Waals surface area contributed by atoms with Crippen molar-refractivity contribution in [2.45, 2.75) is 13.1 Å². The molecule has 4 N–H and O–H groups in total. The first kappa shape index (κ1) is 13.9. The molecule has 8 heteroatoms. The van der Waals surface area contributed by atoms with Crippen LogP contribution >= 0.6 is 0 Å². The van der Waals surface area contributed by atoms with Crippen LogP contribution in [0, 0.1) is 6.92 Å². The van der Waals surface area contributed by atoms with Gasteiger partial charge in [-0.3, -0.25) is 4.79 Å². The maximum Gasteiger partial charge on any atom is 0.417 e. The van der Waals surface area contributed by atoms with E-state index in [-0.39, 0.29) is 11.5 Å². The fourth-order valence-corrected chi connectivity index (χ4v) is 1.73. The Morgan fingerprint density at radius 2 is 2.00 bits per heavy atom. The Labute approximate surface area is 112 Å². The van der Waals surface area contributed by atoms with Crippen LogP contribution in [0.2, 0.25) is 0 Å². The molecule has 1 amide bonds. The Bertz CT molecular complexity index is 656. The highest BCUT2D eigenvalue weighted by Gasteiger charge is 2.35. The fourth-order valence-electron chi connectivity index (χ4n) is 1.73. The topological polar surface area (TPSA) is 86.9 Å². The van der Waals surface area contributed by atoms with Crippen molar-refractivity contribution in [3.05, 3.63) is 41.1 Å². The molecule has 0 aliphatic heterocycles. The van der Waals surface area contributed by atoms with E-state index in [1.165, 1.54) is 16.9 Å². The largest absolute Gasteiger partial charge is 0.417 e. The van der Waals surface area contributed by atoms with Gasteiger partial charge in [-0.05, 0) is 25.1 Å². The minimum atomic E-state index is -4.69. The first-order chi connectivity index (χ1) is 9.20. The normalized spacial score (nSPS) is 11.6. The van der Waals surface area contributed by atoms with Crippen molar-refractivity contribution < 1.29 is 18.0 Å². The summed E-state index contributed by atoms with van der Waals surface area (Å²) in [5.41, 5.74) is 9.59. The average Bonchev–Trinajstić information content (AvgIpc) is 2.67. The molecule has 0 bridgehead atoms. The number of halogens is 3. The molecule has 0 aliphatic carbocycles. The molecule has 5 nitrogen and oxygen atoms in total. The van der Waals surface area contributed by atoms with Crippen molar-refractivity contribution in [3.8, 4) is 5.69 Å². The summed E-state index contributed by atoms with van der Waals surface area (Å²) in [6.07, 6.45) is -3.19. The Kier molecular flexibility index (Phi) is 3.16. The molecule has 1 aromatic heterocycles. The molecule has 0 radical (unpaired) electrons. The number of hydrogen-bond acceptors (Lipinski definition) is 3. The molecule has 2 aromatic rings. The van der Waals surface area contributed by atoms with Gasteiger partial charge in [0.25, 0.3) is 0 Å². The molecule has 0 spiro atoms. The van der Waals surface area contributed by atoms with Gasteiger partial charge < -0.3 is 11.5 Å². The van der Waals surface area contributed by atoms with E-state index >= 15 is 0 Å². The van der Waals surface area contributed by atoms with Gasteiger partial charge >= 0.3 is 6.18 Å². The lowest BCUT2D eigenvalue weighted by molar-refractivity contribution is -0.137. The molecule has 1 heterocycles. The minimum Gasteiger partial charge on any atom is -0.382 e. The van der Waals surface area contributed by atoms with Crippen molar-refractivity contribution >= 4 is 11.7 Å². The Morgan fingerprint density at radius 1 is 1.35 bits per heavy atom. The number of anilines is 1. The van der Waals surface area contributed by atoms with Gasteiger partial charge in [-0.1, -0.05) is 0 Å². The van der Waals surface area contributed by atoms with Crippen LogP contribution in [0.25, 0.3) is 5.69 Å². The van der Waals surface area contributed by atoms with Crippen LogP contribution in [0.5, 0.6) is 0 Å². The first-order valence-corrected chi connectivity index (χ1v) is 5.53. The van der Waals surface area contributed by atoms with E-state index in [0.717, 1.165) is 12.1 Å². The molecule has 0 aliphatic rings. The number of hydrogen-bond donors (Lipinski definition) is 2. The number of nitrogens with two attached hydrogens (primary N) is 2. The summed E-state index contributed by atoms with van der Waals surface area (Å²) in [7, 11) is 0. The second kappa shape index (κ2) is 4.55. The lowest BCUT2D eigenvalue weighted by Gasteiger charge is -2.12. The Balaban J connectivity index is 2.61. The lowest BCUT2D eigenvalue weighted by Crippen LogP contribution is -2.19. The summed E-state index contributed by atoms with van der Waals surface area (Å²) < 4.78 is 40.0. The summed E-state index contributed by atoms with van der Waals surface area (Å²) in [5, 5.41) is 3.89. The molecule has 1 aromatic carbocycles. The van der Waals surface area contributed by atoms with Gasteiger partial charge in [0.2, 0.25) is 5.91 Å². The quantitative estimate of drug-likeness (QED) is 0.882. The third-order valence-corrected chi connectivity index (χ3v) is 2.77. The zero-order valence-corrected chi connectivity index (χ0v) is 10.4. The van der Waals surface area contributed by atoms with E-state index in [1.807, 2.05) is 0 Å². The van der Waals surface area contributed by atoms with Crippen molar-refractivity contribution in [2.24, 2.45) is 5.73 Å². The van der Waals surface area contributed by atoms with Crippen molar-refractivity contribution in [1.29, 1.82) is 0 Å². The number of primary amides is 1. The van der Waals surface area contributed by atoms with Crippen molar-refractivity contribution in [2.75, 3.05) is 5.73 Å². The number of aryl methyl sites for hydroxylation is 1. The molecule has 0 fully saturated rings. The van der Waals surface area contributed by atoms with Crippen LogP contribution in [-0.4, -0.2) is 15.7 Å². The smallest absolute Gasteiger partial charge is 0.382 e. The van der Waals surface area contributed by atoms with Gasteiger partial charge in [0.15, 0.2) is 0 Å². The maximum absolute atomic E-state index is 12.9. The Morgan fingerprint density at radius 3 is 2.45 bits per heavy atom. The van der Waals surface area contributed by atoms with Crippen LogP contribution in [0.3, 0.4) is 0 Å². The van der Waals surface area contributed by atoms with Gasteiger partial charge in [-0.15, -0.1) is 0 Å². The number of amides is 1. The van der Waals surface area contributed by atoms with Gasteiger partial charge in [-0.2, -0.15) is 18.3 Å². The zero-order valence-electron chi connectivity index (χ0n) is 10.4. The molecular weight excluding hydrogens is 273 g/mol. The van der Waals surface area contributed by atoms with Crippen LogP contribution in [0.4, 0.5) is 19.0 Å². The summed E-state index contributed by atoms with van der Waals surface area (Å²) in [6.45, 7) is 1.68. The average molecular weight is 284 g/mol. The summed E-state index contributed by atoms with van der Waals surface area (Å²) in [6, 6.07) is 3.15. The summed E-state index contributed by atoms with van der Waals surface area (Å²) in [5.74, 6) is -0.919. The van der Waals surface area contributed by atoms with E-state index in [2.05, 4.69) is 5.10 Å².